The van der Waals surface area contributed by atoms with Crippen molar-refractivity contribution in [2.45, 2.75) is 45.8 Å². The highest BCUT2D eigenvalue weighted by Crippen LogP contribution is 2.25. The van der Waals surface area contributed by atoms with E-state index in [0.717, 1.165) is 4.90 Å². The van der Waals surface area contributed by atoms with Crippen molar-refractivity contribution in [3.63, 3.8) is 0 Å². The van der Waals surface area contributed by atoms with Crippen molar-refractivity contribution in [1.82, 2.24) is 4.90 Å². The Balaban J connectivity index is 3.18. The first-order chi connectivity index (χ1) is 9.71. The molecule has 0 bridgehead atoms. The molecule has 118 valence electrons. The van der Waals surface area contributed by atoms with E-state index in [4.69, 9.17) is 0 Å². The molecule has 0 aliphatic carbocycles. The van der Waals surface area contributed by atoms with Crippen LogP contribution in [0, 0.1) is 6.92 Å². The van der Waals surface area contributed by atoms with Crippen LogP contribution < -0.4 is 0 Å². The lowest BCUT2D eigenvalue weighted by Gasteiger charge is -2.32. The molecular formula is C15H19BrF3NO. The molecule has 0 atom stereocenters. The molecule has 0 N–H and O–H groups in total. The van der Waals surface area contributed by atoms with Gasteiger partial charge in [0.2, 0.25) is 0 Å². The zero-order valence-corrected chi connectivity index (χ0v) is 13.9. The third-order valence-corrected chi connectivity index (χ3v) is 4.35. The van der Waals surface area contributed by atoms with Gasteiger partial charge in [-0.3, -0.25) is 4.79 Å². The fourth-order valence-corrected chi connectivity index (χ4v) is 2.65. The summed E-state index contributed by atoms with van der Waals surface area (Å²) in [5.74, 6) is -0.570. The lowest BCUT2D eigenvalue weighted by molar-refractivity contribution is -0.144. The summed E-state index contributed by atoms with van der Waals surface area (Å²) in [6.07, 6.45) is -3.42. The molecule has 2 nitrogen and oxygen atoms in total. The molecule has 0 radical (unpaired) electrons. The molecule has 0 heterocycles. The molecule has 1 amide bonds. The van der Waals surface area contributed by atoms with Gasteiger partial charge in [-0.2, -0.15) is 13.2 Å². The standard InChI is InChI=1S/C15H19BrF3NO/c1-4-11(5-2)20(9-15(17,18)19)14(21)12-7-6-8-13(16)10(12)3/h6-8,11H,4-5,9H2,1-3H3. The van der Waals surface area contributed by atoms with Crippen LogP contribution in [0.4, 0.5) is 13.2 Å². The van der Waals surface area contributed by atoms with Gasteiger partial charge in [-0.05, 0) is 37.5 Å². The minimum absolute atomic E-state index is 0.306. The summed E-state index contributed by atoms with van der Waals surface area (Å²) in [6.45, 7) is 4.08. The van der Waals surface area contributed by atoms with E-state index < -0.39 is 24.7 Å². The predicted octanol–water partition coefficient (Wildman–Crippen LogP) is 4.95. The summed E-state index contributed by atoms with van der Waals surface area (Å²) in [7, 11) is 0. The van der Waals surface area contributed by atoms with Crippen LogP contribution in [-0.4, -0.2) is 29.6 Å². The Morgan fingerprint density at radius 3 is 2.33 bits per heavy atom. The zero-order valence-electron chi connectivity index (χ0n) is 12.3. The number of carbonyl (C=O) groups is 1. The van der Waals surface area contributed by atoms with E-state index in [1.807, 2.05) is 0 Å². The molecule has 0 aliphatic rings. The number of rotatable bonds is 5. The van der Waals surface area contributed by atoms with Crippen molar-refractivity contribution in [2.24, 2.45) is 0 Å². The SMILES string of the molecule is CCC(CC)N(CC(F)(F)F)C(=O)c1cccc(Br)c1C. The van der Waals surface area contributed by atoms with Gasteiger partial charge in [0.25, 0.3) is 5.91 Å². The van der Waals surface area contributed by atoms with Crippen molar-refractivity contribution in [3.05, 3.63) is 33.8 Å². The summed E-state index contributed by atoms with van der Waals surface area (Å²) in [6, 6.07) is 4.56. The predicted molar refractivity (Wildman–Crippen MR) is 80.3 cm³/mol. The lowest BCUT2D eigenvalue weighted by atomic mass is 10.0. The Morgan fingerprint density at radius 1 is 1.29 bits per heavy atom. The largest absolute Gasteiger partial charge is 0.406 e. The Labute approximate surface area is 131 Å². The van der Waals surface area contributed by atoms with Crippen molar-refractivity contribution >= 4 is 21.8 Å². The number of nitrogens with zero attached hydrogens (tertiary/aromatic N) is 1. The fraction of sp³-hybridized carbons (Fsp3) is 0.533. The minimum atomic E-state index is -4.40. The van der Waals surface area contributed by atoms with Gasteiger partial charge in [0.15, 0.2) is 0 Å². The van der Waals surface area contributed by atoms with Crippen LogP contribution in [0.2, 0.25) is 0 Å². The Morgan fingerprint density at radius 2 is 1.86 bits per heavy atom. The average molecular weight is 366 g/mol. The van der Waals surface area contributed by atoms with Gasteiger partial charge in [0.1, 0.15) is 6.54 Å². The molecular weight excluding hydrogens is 347 g/mol. The van der Waals surface area contributed by atoms with Gasteiger partial charge in [-0.15, -0.1) is 0 Å². The number of hydrogen-bond acceptors (Lipinski definition) is 1. The number of halogens is 4. The number of carbonyl (C=O) groups excluding carboxylic acids is 1. The van der Waals surface area contributed by atoms with E-state index in [2.05, 4.69) is 15.9 Å². The monoisotopic (exact) mass is 365 g/mol. The maximum Gasteiger partial charge on any atom is 0.406 e. The molecule has 0 saturated heterocycles. The molecule has 1 aromatic carbocycles. The fourth-order valence-electron chi connectivity index (χ4n) is 2.28. The smallest absolute Gasteiger partial charge is 0.327 e. The Kier molecular flexibility index (Phi) is 6.25. The number of amides is 1. The van der Waals surface area contributed by atoms with Crippen LogP contribution in [-0.2, 0) is 0 Å². The van der Waals surface area contributed by atoms with Crippen molar-refractivity contribution in [2.75, 3.05) is 6.54 Å². The molecule has 0 unspecified atom stereocenters. The Bertz CT molecular complexity index is 498. The van der Waals surface area contributed by atoms with Gasteiger partial charge in [-0.1, -0.05) is 35.8 Å². The highest BCUT2D eigenvalue weighted by Gasteiger charge is 2.36. The first-order valence-corrected chi connectivity index (χ1v) is 7.63. The third kappa shape index (κ3) is 4.73. The first kappa shape index (κ1) is 18.0. The minimum Gasteiger partial charge on any atom is -0.327 e. The van der Waals surface area contributed by atoms with E-state index >= 15 is 0 Å². The van der Waals surface area contributed by atoms with E-state index in [0.29, 0.717) is 28.4 Å². The summed E-state index contributed by atoms with van der Waals surface area (Å²) in [5, 5.41) is 0. The zero-order chi connectivity index (χ0) is 16.2. The van der Waals surface area contributed by atoms with E-state index in [1.165, 1.54) is 0 Å². The molecule has 1 rings (SSSR count). The molecule has 0 aromatic heterocycles. The van der Waals surface area contributed by atoms with Gasteiger partial charge >= 0.3 is 6.18 Å². The topological polar surface area (TPSA) is 20.3 Å². The number of benzene rings is 1. The third-order valence-electron chi connectivity index (χ3n) is 3.49. The molecule has 0 fully saturated rings. The van der Waals surface area contributed by atoms with Crippen LogP contribution in [0.1, 0.15) is 42.6 Å². The molecule has 0 aliphatic heterocycles. The highest BCUT2D eigenvalue weighted by atomic mass is 79.9. The number of alkyl halides is 3. The van der Waals surface area contributed by atoms with Gasteiger partial charge in [-0.25, -0.2) is 0 Å². The Hall–Kier alpha value is -1.04. The van der Waals surface area contributed by atoms with E-state index in [9.17, 15) is 18.0 Å². The molecule has 1 aromatic rings. The summed E-state index contributed by atoms with van der Waals surface area (Å²) in [5.41, 5.74) is 0.959. The maximum atomic E-state index is 12.8. The van der Waals surface area contributed by atoms with E-state index in [1.54, 1.807) is 39.0 Å². The van der Waals surface area contributed by atoms with Gasteiger partial charge in [0.05, 0.1) is 0 Å². The quantitative estimate of drug-likeness (QED) is 0.722. The van der Waals surface area contributed by atoms with Crippen LogP contribution in [0.5, 0.6) is 0 Å². The highest BCUT2D eigenvalue weighted by molar-refractivity contribution is 9.10. The summed E-state index contributed by atoms with van der Waals surface area (Å²) in [4.78, 5) is 13.5. The first-order valence-electron chi connectivity index (χ1n) is 6.84. The molecule has 6 heteroatoms. The van der Waals surface area contributed by atoms with Crippen molar-refractivity contribution in [1.29, 1.82) is 0 Å². The van der Waals surface area contributed by atoms with Crippen LogP contribution in [0.15, 0.2) is 22.7 Å². The van der Waals surface area contributed by atoms with Crippen LogP contribution >= 0.6 is 15.9 Å². The maximum absolute atomic E-state index is 12.8. The average Bonchev–Trinajstić information content (AvgIpc) is 2.40. The van der Waals surface area contributed by atoms with Gasteiger partial charge < -0.3 is 4.90 Å². The second-order valence-corrected chi connectivity index (χ2v) is 5.79. The van der Waals surface area contributed by atoms with Crippen molar-refractivity contribution in [3.8, 4) is 0 Å². The number of hydrogen-bond donors (Lipinski definition) is 0. The normalized spacial score (nSPS) is 11.8. The molecule has 21 heavy (non-hydrogen) atoms. The van der Waals surface area contributed by atoms with Crippen molar-refractivity contribution < 1.29 is 18.0 Å². The molecule has 0 saturated carbocycles. The van der Waals surface area contributed by atoms with Gasteiger partial charge in [0, 0.05) is 16.1 Å². The second-order valence-electron chi connectivity index (χ2n) is 4.93. The summed E-state index contributed by atoms with van der Waals surface area (Å²) < 4.78 is 39.1. The van der Waals surface area contributed by atoms with Crippen LogP contribution in [0.25, 0.3) is 0 Å². The second kappa shape index (κ2) is 7.29. The molecule has 0 spiro atoms. The summed E-state index contributed by atoms with van der Waals surface area (Å²) >= 11 is 3.30. The lowest BCUT2D eigenvalue weighted by Crippen LogP contribution is -2.45. The van der Waals surface area contributed by atoms with Crippen LogP contribution in [0.3, 0.4) is 0 Å². The van der Waals surface area contributed by atoms with E-state index in [-0.39, 0.29) is 0 Å².